The third kappa shape index (κ3) is 4.30. The van der Waals surface area contributed by atoms with Crippen LogP contribution in [-0.2, 0) is 11.8 Å². The number of nitrogen functional groups attached to an aromatic ring is 1. The highest BCUT2D eigenvalue weighted by Gasteiger charge is 2.43. The fourth-order valence-corrected chi connectivity index (χ4v) is 6.06. The molecular formula is C22H29N7O3S. The second-order valence-electron chi connectivity index (χ2n) is 8.63. The monoisotopic (exact) mass is 471 g/mol. The molecule has 6 N–H and O–H groups in total. The van der Waals surface area contributed by atoms with Crippen LogP contribution < -0.4 is 21.9 Å². The zero-order chi connectivity index (χ0) is 23.6. The van der Waals surface area contributed by atoms with Crippen molar-refractivity contribution in [3.63, 3.8) is 0 Å². The van der Waals surface area contributed by atoms with Crippen LogP contribution in [0.3, 0.4) is 0 Å². The largest absolute Gasteiger partial charge is 0.483 e. The van der Waals surface area contributed by atoms with Crippen LogP contribution in [0.15, 0.2) is 39.0 Å². The standard InChI is InChI=1S/C21H27N7OS.CH2O2/c1-27-19(29)17(30-15-5-2-4-14-13(15)12-24-26-14)18(23)25-20(27)28-10-8-21(9-11-28)7-3-6-16(21)22;2-1-3/h2,4-5,12,16H,3,6-11,22-23H2,1H3,(H,24,26);1H,(H,2,3)/t16-;/m1./s1. The van der Waals surface area contributed by atoms with Crippen LogP contribution in [0.2, 0.25) is 0 Å². The van der Waals surface area contributed by atoms with Gasteiger partial charge in [0.2, 0.25) is 5.95 Å². The summed E-state index contributed by atoms with van der Waals surface area (Å²) in [6, 6.07) is 6.15. The minimum atomic E-state index is -0.250. The van der Waals surface area contributed by atoms with E-state index in [1.54, 1.807) is 17.8 Å². The summed E-state index contributed by atoms with van der Waals surface area (Å²) >= 11 is 1.34. The van der Waals surface area contributed by atoms with E-state index >= 15 is 0 Å². The Morgan fingerprint density at radius 2 is 2.03 bits per heavy atom. The smallest absolute Gasteiger partial charge is 0.290 e. The van der Waals surface area contributed by atoms with Crippen LogP contribution in [-0.4, -0.2) is 50.5 Å². The first-order valence-corrected chi connectivity index (χ1v) is 11.8. The molecule has 1 aliphatic heterocycles. The number of H-pyrrole nitrogens is 1. The van der Waals surface area contributed by atoms with Crippen LogP contribution in [0, 0.1) is 5.41 Å². The van der Waals surface area contributed by atoms with Crippen molar-refractivity contribution in [3.8, 4) is 0 Å². The number of aromatic nitrogens is 4. The van der Waals surface area contributed by atoms with Crippen LogP contribution >= 0.6 is 11.8 Å². The molecule has 11 heteroatoms. The summed E-state index contributed by atoms with van der Waals surface area (Å²) in [6.07, 6.45) is 7.41. The lowest BCUT2D eigenvalue weighted by atomic mass is 9.74. The van der Waals surface area contributed by atoms with Gasteiger partial charge in [-0.15, -0.1) is 0 Å². The summed E-state index contributed by atoms with van der Waals surface area (Å²) in [5.41, 5.74) is 13.8. The van der Waals surface area contributed by atoms with Crippen molar-refractivity contribution in [3.05, 3.63) is 34.7 Å². The number of nitrogens with zero attached hydrogens (tertiary/aromatic N) is 4. The van der Waals surface area contributed by atoms with Gasteiger partial charge in [-0.1, -0.05) is 24.2 Å². The lowest BCUT2D eigenvalue weighted by Gasteiger charge is -2.42. The molecule has 1 saturated carbocycles. The van der Waals surface area contributed by atoms with E-state index < -0.39 is 0 Å². The molecule has 176 valence electrons. The van der Waals surface area contributed by atoms with E-state index in [4.69, 9.17) is 21.4 Å². The number of aromatic amines is 1. The summed E-state index contributed by atoms with van der Waals surface area (Å²) < 4.78 is 1.63. The number of benzene rings is 1. The number of hydrogen-bond donors (Lipinski definition) is 4. The Hall–Kier alpha value is -3.05. The molecule has 0 bridgehead atoms. The van der Waals surface area contributed by atoms with Crippen molar-refractivity contribution in [2.75, 3.05) is 23.7 Å². The first-order chi connectivity index (χ1) is 15.9. The van der Waals surface area contributed by atoms with Gasteiger partial charge in [0.15, 0.2) is 0 Å². The second kappa shape index (κ2) is 9.44. The van der Waals surface area contributed by atoms with E-state index in [1.165, 1.54) is 24.6 Å². The van der Waals surface area contributed by atoms with Gasteiger partial charge in [-0.05, 0) is 43.2 Å². The lowest BCUT2D eigenvalue weighted by Crippen LogP contribution is -2.48. The third-order valence-electron chi connectivity index (χ3n) is 6.93. The third-order valence-corrected chi connectivity index (χ3v) is 8.09. The van der Waals surface area contributed by atoms with Gasteiger partial charge in [0.1, 0.15) is 10.7 Å². The lowest BCUT2D eigenvalue weighted by molar-refractivity contribution is -0.122. The average molecular weight is 472 g/mol. The van der Waals surface area contributed by atoms with Crippen molar-refractivity contribution in [1.82, 2.24) is 19.7 Å². The van der Waals surface area contributed by atoms with Crippen molar-refractivity contribution >= 4 is 40.9 Å². The Labute approximate surface area is 195 Å². The molecule has 0 amide bonds. The Kier molecular flexibility index (Phi) is 6.61. The van der Waals surface area contributed by atoms with Crippen molar-refractivity contribution < 1.29 is 9.90 Å². The summed E-state index contributed by atoms with van der Waals surface area (Å²) in [4.78, 5) is 29.7. The first-order valence-electron chi connectivity index (χ1n) is 10.9. The van der Waals surface area contributed by atoms with E-state index in [9.17, 15) is 4.79 Å². The Morgan fingerprint density at radius 3 is 2.70 bits per heavy atom. The predicted molar refractivity (Wildman–Crippen MR) is 129 cm³/mol. The molecule has 2 aromatic heterocycles. The van der Waals surface area contributed by atoms with Gasteiger partial charge < -0.3 is 21.5 Å². The Morgan fingerprint density at radius 1 is 1.30 bits per heavy atom. The normalized spacial score (nSPS) is 19.5. The zero-order valence-corrected chi connectivity index (χ0v) is 19.3. The molecule has 0 radical (unpaired) electrons. The number of fused-ring (bicyclic) bond motifs is 1. The SMILES string of the molecule is Cn1c(N2CCC3(CCC[C@H]3N)CC2)nc(N)c(Sc2cccc3[nH]ncc23)c1=O.O=CO. The molecule has 1 saturated heterocycles. The summed E-state index contributed by atoms with van der Waals surface area (Å²) in [7, 11) is 1.78. The van der Waals surface area contributed by atoms with Crippen molar-refractivity contribution in [2.45, 2.75) is 47.9 Å². The molecule has 0 unspecified atom stereocenters. The quantitative estimate of drug-likeness (QED) is 0.420. The predicted octanol–water partition coefficient (Wildman–Crippen LogP) is 2.19. The molecule has 3 heterocycles. The summed E-state index contributed by atoms with van der Waals surface area (Å²) in [5.74, 6) is 0.918. The number of rotatable bonds is 3. The maximum Gasteiger partial charge on any atom is 0.290 e. The number of hydrogen-bond acceptors (Lipinski definition) is 8. The molecule has 1 aliphatic carbocycles. The van der Waals surface area contributed by atoms with Crippen LogP contribution in [0.4, 0.5) is 11.8 Å². The number of carbonyl (C=O) groups is 1. The number of nitrogens with one attached hydrogen (secondary N) is 1. The van der Waals surface area contributed by atoms with Crippen molar-refractivity contribution in [2.24, 2.45) is 18.2 Å². The van der Waals surface area contributed by atoms with Crippen LogP contribution in [0.25, 0.3) is 10.9 Å². The minimum Gasteiger partial charge on any atom is -0.483 e. The number of carboxylic acid groups (broad SMARTS) is 1. The second-order valence-corrected chi connectivity index (χ2v) is 9.69. The Balaban J connectivity index is 0.000000821. The van der Waals surface area contributed by atoms with E-state index in [0.717, 1.165) is 48.2 Å². The number of piperidine rings is 1. The molecular weight excluding hydrogens is 442 g/mol. The summed E-state index contributed by atoms with van der Waals surface area (Å²) in [6.45, 7) is 1.46. The van der Waals surface area contributed by atoms with Gasteiger partial charge in [0.05, 0.1) is 11.7 Å². The highest BCUT2D eigenvalue weighted by molar-refractivity contribution is 7.99. The van der Waals surface area contributed by atoms with Crippen molar-refractivity contribution in [1.29, 1.82) is 0 Å². The van der Waals surface area contributed by atoms with Crippen LogP contribution in [0.1, 0.15) is 32.1 Å². The fraction of sp³-hybridized carbons (Fsp3) is 0.455. The molecule has 3 aromatic rings. The maximum absolute atomic E-state index is 13.2. The molecule has 5 rings (SSSR count). The highest BCUT2D eigenvalue weighted by atomic mass is 32.2. The van der Waals surface area contributed by atoms with E-state index in [0.29, 0.717) is 16.9 Å². The molecule has 1 spiro atoms. The fourth-order valence-electron chi connectivity index (χ4n) is 5.04. The van der Waals surface area contributed by atoms with E-state index in [2.05, 4.69) is 20.1 Å². The topological polar surface area (TPSA) is 156 Å². The number of anilines is 2. The van der Waals surface area contributed by atoms with Gasteiger partial charge in [0.25, 0.3) is 12.0 Å². The highest BCUT2D eigenvalue weighted by Crippen LogP contribution is 2.46. The van der Waals surface area contributed by atoms with Gasteiger partial charge in [-0.2, -0.15) is 10.1 Å². The Bertz CT molecular complexity index is 1200. The number of nitrogens with two attached hydrogens (primary N) is 2. The van der Waals surface area contributed by atoms with E-state index in [-0.39, 0.29) is 23.3 Å². The first kappa shape index (κ1) is 23.1. The minimum absolute atomic E-state index is 0.124. The van der Waals surface area contributed by atoms with Gasteiger partial charge in [-0.3, -0.25) is 19.3 Å². The molecule has 2 aliphatic rings. The molecule has 10 nitrogen and oxygen atoms in total. The van der Waals surface area contributed by atoms with Crippen LogP contribution in [0.5, 0.6) is 0 Å². The van der Waals surface area contributed by atoms with Gasteiger partial charge in [0, 0.05) is 36.5 Å². The summed E-state index contributed by atoms with van der Waals surface area (Å²) in [5, 5.41) is 14.9. The molecule has 2 fully saturated rings. The van der Waals surface area contributed by atoms with Gasteiger partial charge in [-0.25, -0.2) is 0 Å². The van der Waals surface area contributed by atoms with Gasteiger partial charge >= 0.3 is 0 Å². The maximum atomic E-state index is 13.2. The van der Waals surface area contributed by atoms with E-state index in [1.807, 2.05) is 18.2 Å². The zero-order valence-electron chi connectivity index (χ0n) is 18.5. The molecule has 1 aromatic carbocycles. The average Bonchev–Trinajstić information content (AvgIpc) is 3.43. The molecule has 1 atom stereocenters. The molecule has 33 heavy (non-hydrogen) atoms.